The highest BCUT2D eigenvalue weighted by atomic mass is 32.1. The Morgan fingerprint density at radius 1 is 1.50 bits per heavy atom. The molecule has 0 radical (unpaired) electrons. The number of thiophene rings is 1. The lowest BCUT2D eigenvalue weighted by Gasteiger charge is -2.17. The number of rotatable bonds is 6. The Labute approximate surface area is 113 Å². The van der Waals surface area contributed by atoms with Crippen molar-refractivity contribution in [2.75, 3.05) is 6.54 Å². The molecule has 3 nitrogen and oxygen atoms in total. The first-order valence-corrected chi connectivity index (χ1v) is 7.40. The molecule has 0 aliphatic carbocycles. The molecule has 1 unspecified atom stereocenters. The van der Waals surface area contributed by atoms with Crippen molar-refractivity contribution in [1.82, 2.24) is 15.1 Å². The summed E-state index contributed by atoms with van der Waals surface area (Å²) in [7, 11) is 2.02. The molecule has 0 fully saturated rings. The number of aromatic nitrogens is 2. The summed E-state index contributed by atoms with van der Waals surface area (Å²) in [6, 6.07) is 4.78. The molecule has 2 aromatic rings. The van der Waals surface area contributed by atoms with Crippen molar-refractivity contribution in [2.45, 2.75) is 32.7 Å². The molecular formula is C14H21N3S. The van der Waals surface area contributed by atoms with Gasteiger partial charge in [0, 0.05) is 25.2 Å². The number of hydrogen-bond donors (Lipinski definition) is 1. The molecule has 2 aromatic heterocycles. The topological polar surface area (TPSA) is 29.9 Å². The summed E-state index contributed by atoms with van der Waals surface area (Å²) in [6.07, 6.45) is 2.15. The van der Waals surface area contributed by atoms with Crippen LogP contribution in [0.4, 0.5) is 0 Å². The Hall–Kier alpha value is -1.13. The van der Waals surface area contributed by atoms with Crippen LogP contribution >= 0.6 is 11.3 Å². The van der Waals surface area contributed by atoms with Crippen LogP contribution in [0.2, 0.25) is 0 Å². The average Bonchev–Trinajstić information content (AvgIpc) is 2.95. The summed E-state index contributed by atoms with van der Waals surface area (Å²) in [4.78, 5) is 0. The zero-order chi connectivity index (χ0) is 13.0. The summed E-state index contributed by atoms with van der Waals surface area (Å²) in [5.74, 6) is 0. The average molecular weight is 263 g/mol. The number of hydrogen-bond acceptors (Lipinski definition) is 3. The van der Waals surface area contributed by atoms with Crippen molar-refractivity contribution in [3.63, 3.8) is 0 Å². The number of aryl methyl sites for hydroxylation is 2. The van der Waals surface area contributed by atoms with E-state index in [9.17, 15) is 0 Å². The van der Waals surface area contributed by atoms with Crippen LogP contribution in [0.25, 0.3) is 0 Å². The fraction of sp³-hybridized carbons (Fsp3) is 0.500. The second-order valence-corrected chi connectivity index (χ2v) is 5.45. The smallest absolute Gasteiger partial charge is 0.0596 e. The van der Waals surface area contributed by atoms with Gasteiger partial charge in [-0.25, -0.2) is 0 Å². The minimum absolute atomic E-state index is 0.394. The zero-order valence-electron chi connectivity index (χ0n) is 11.3. The molecule has 4 heteroatoms. The highest BCUT2D eigenvalue weighted by molar-refractivity contribution is 7.07. The van der Waals surface area contributed by atoms with Gasteiger partial charge in [0.2, 0.25) is 0 Å². The largest absolute Gasteiger partial charge is 0.310 e. The SMILES string of the molecule is CCCNC(Cc1cc(C)nn1C)c1ccsc1. The van der Waals surface area contributed by atoms with Gasteiger partial charge < -0.3 is 5.32 Å². The molecule has 98 valence electrons. The highest BCUT2D eigenvalue weighted by Crippen LogP contribution is 2.21. The lowest BCUT2D eigenvalue weighted by Crippen LogP contribution is -2.24. The molecule has 0 aromatic carbocycles. The molecule has 18 heavy (non-hydrogen) atoms. The van der Waals surface area contributed by atoms with Crippen LogP contribution in [0.1, 0.15) is 36.3 Å². The first-order valence-electron chi connectivity index (χ1n) is 6.45. The molecule has 0 aliphatic heterocycles. The van der Waals surface area contributed by atoms with Gasteiger partial charge in [-0.05, 0) is 48.3 Å². The van der Waals surface area contributed by atoms with Crippen molar-refractivity contribution in [3.8, 4) is 0 Å². The predicted molar refractivity (Wildman–Crippen MR) is 77.0 cm³/mol. The Morgan fingerprint density at radius 3 is 2.89 bits per heavy atom. The van der Waals surface area contributed by atoms with E-state index >= 15 is 0 Å². The summed E-state index contributed by atoms with van der Waals surface area (Å²) in [6.45, 7) is 5.30. The van der Waals surface area contributed by atoms with E-state index in [1.54, 1.807) is 11.3 Å². The molecule has 1 N–H and O–H groups in total. The second-order valence-electron chi connectivity index (χ2n) is 4.67. The van der Waals surface area contributed by atoms with Crippen LogP contribution in [-0.4, -0.2) is 16.3 Å². The van der Waals surface area contributed by atoms with Crippen molar-refractivity contribution >= 4 is 11.3 Å². The maximum atomic E-state index is 4.42. The summed E-state index contributed by atoms with van der Waals surface area (Å²) in [5.41, 5.74) is 3.76. The number of nitrogens with zero attached hydrogens (tertiary/aromatic N) is 2. The molecule has 0 spiro atoms. The molecule has 1 atom stereocenters. The molecule has 0 aliphatic rings. The van der Waals surface area contributed by atoms with Gasteiger partial charge in [0.05, 0.1) is 5.69 Å². The first kappa shape index (κ1) is 13.3. The van der Waals surface area contributed by atoms with Gasteiger partial charge in [0.15, 0.2) is 0 Å². The number of nitrogens with one attached hydrogen (secondary N) is 1. The summed E-state index contributed by atoms with van der Waals surface area (Å²) < 4.78 is 1.99. The minimum Gasteiger partial charge on any atom is -0.310 e. The Bertz CT molecular complexity index is 473. The Morgan fingerprint density at radius 2 is 2.33 bits per heavy atom. The molecule has 0 amide bonds. The Balaban J connectivity index is 2.12. The van der Waals surface area contributed by atoms with Crippen LogP contribution in [0.3, 0.4) is 0 Å². The van der Waals surface area contributed by atoms with E-state index in [0.29, 0.717) is 6.04 Å². The first-order chi connectivity index (χ1) is 8.70. The molecular weight excluding hydrogens is 242 g/mol. The van der Waals surface area contributed by atoms with Gasteiger partial charge in [0.25, 0.3) is 0 Å². The monoisotopic (exact) mass is 263 g/mol. The fourth-order valence-electron chi connectivity index (χ4n) is 2.16. The third-order valence-electron chi connectivity index (χ3n) is 3.10. The summed E-state index contributed by atoms with van der Waals surface area (Å²) >= 11 is 1.76. The van der Waals surface area contributed by atoms with E-state index in [4.69, 9.17) is 0 Å². The van der Waals surface area contributed by atoms with Gasteiger partial charge in [0.1, 0.15) is 0 Å². The third-order valence-corrected chi connectivity index (χ3v) is 3.80. The van der Waals surface area contributed by atoms with E-state index < -0.39 is 0 Å². The zero-order valence-corrected chi connectivity index (χ0v) is 12.1. The third kappa shape index (κ3) is 3.21. The Kier molecular flexibility index (Phi) is 4.55. The van der Waals surface area contributed by atoms with Gasteiger partial charge >= 0.3 is 0 Å². The van der Waals surface area contributed by atoms with Crippen LogP contribution in [0, 0.1) is 6.92 Å². The van der Waals surface area contributed by atoms with Crippen molar-refractivity contribution in [2.24, 2.45) is 7.05 Å². The van der Waals surface area contributed by atoms with E-state index in [-0.39, 0.29) is 0 Å². The molecule has 2 rings (SSSR count). The quantitative estimate of drug-likeness (QED) is 0.868. The van der Waals surface area contributed by atoms with Crippen molar-refractivity contribution in [1.29, 1.82) is 0 Å². The van der Waals surface area contributed by atoms with Crippen molar-refractivity contribution < 1.29 is 0 Å². The maximum Gasteiger partial charge on any atom is 0.0596 e. The lowest BCUT2D eigenvalue weighted by molar-refractivity contribution is 0.513. The van der Waals surface area contributed by atoms with E-state index in [1.165, 1.54) is 11.3 Å². The van der Waals surface area contributed by atoms with E-state index in [2.05, 4.69) is 40.2 Å². The normalized spacial score (nSPS) is 12.8. The summed E-state index contributed by atoms with van der Waals surface area (Å²) in [5, 5.41) is 12.4. The predicted octanol–water partition coefficient (Wildman–Crippen LogP) is 3.07. The second kappa shape index (κ2) is 6.16. The van der Waals surface area contributed by atoms with E-state index in [0.717, 1.165) is 25.1 Å². The molecule has 0 saturated carbocycles. The minimum atomic E-state index is 0.394. The van der Waals surface area contributed by atoms with E-state index in [1.807, 2.05) is 18.7 Å². The highest BCUT2D eigenvalue weighted by Gasteiger charge is 2.14. The van der Waals surface area contributed by atoms with Crippen molar-refractivity contribution in [3.05, 3.63) is 39.8 Å². The van der Waals surface area contributed by atoms with Gasteiger partial charge in [-0.1, -0.05) is 6.92 Å². The van der Waals surface area contributed by atoms with Gasteiger partial charge in [-0.3, -0.25) is 4.68 Å². The van der Waals surface area contributed by atoms with Gasteiger partial charge in [-0.15, -0.1) is 0 Å². The standard InChI is InChI=1S/C14H21N3S/c1-4-6-15-14(12-5-7-18-10-12)9-13-8-11(2)16-17(13)3/h5,7-8,10,14-15H,4,6,9H2,1-3H3. The molecule has 2 heterocycles. The van der Waals surface area contributed by atoms with Crippen LogP contribution < -0.4 is 5.32 Å². The van der Waals surface area contributed by atoms with Crippen LogP contribution in [-0.2, 0) is 13.5 Å². The molecule has 0 bridgehead atoms. The van der Waals surface area contributed by atoms with Crippen LogP contribution in [0.5, 0.6) is 0 Å². The maximum absolute atomic E-state index is 4.42. The lowest BCUT2D eigenvalue weighted by atomic mass is 10.0. The molecule has 0 saturated heterocycles. The van der Waals surface area contributed by atoms with Crippen LogP contribution in [0.15, 0.2) is 22.9 Å². The fourth-order valence-corrected chi connectivity index (χ4v) is 2.88. The van der Waals surface area contributed by atoms with Gasteiger partial charge in [-0.2, -0.15) is 16.4 Å².